The van der Waals surface area contributed by atoms with E-state index in [0.717, 1.165) is 22.9 Å². The number of rotatable bonds is 9. The van der Waals surface area contributed by atoms with Gasteiger partial charge in [-0.15, -0.1) is 0 Å². The number of carbonyl (C=O) groups is 1. The van der Waals surface area contributed by atoms with Crippen LogP contribution in [0.5, 0.6) is 11.5 Å². The van der Waals surface area contributed by atoms with E-state index in [1.54, 1.807) is 0 Å². The number of benzene rings is 3. The van der Waals surface area contributed by atoms with Crippen LogP contribution in [0.4, 0.5) is 0 Å². The summed E-state index contributed by atoms with van der Waals surface area (Å²) in [6.45, 7) is 4.92. The number of fused-ring (bicyclic) bond motifs is 1. The highest BCUT2D eigenvalue weighted by atomic mass is 16.5. The fourth-order valence-corrected chi connectivity index (χ4v) is 3.01. The normalized spacial score (nSPS) is 11.8. The average molecular weight is 377 g/mol. The molecule has 3 aromatic rings. The van der Waals surface area contributed by atoms with E-state index in [2.05, 4.69) is 30.4 Å². The van der Waals surface area contributed by atoms with Gasteiger partial charge >= 0.3 is 0 Å². The number of hydrogen-bond donors (Lipinski definition) is 1. The molecule has 0 aliphatic carbocycles. The maximum absolute atomic E-state index is 12.4. The monoisotopic (exact) mass is 377 g/mol. The topological polar surface area (TPSA) is 47.6 Å². The number of hydrogen-bond acceptors (Lipinski definition) is 3. The Hall–Kier alpha value is -3.01. The van der Waals surface area contributed by atoms with Crippen molar-refractivity contribution >= 4 is 16.7 Å². The summed E-state index contributed by atoms with van der Waals surface area (Å²) in [5, 5.41) is 5.14. The Balaban J connectivity index is 1.48. The highest BCUT2D eigenvalue weighted by molar-refractivity contribution is 5.84. The van der Waals surface area contributed by atoms with Gasteiger partial charge in [0, 0.05) is 0 Å². The van der Waals surface area contributed by atoms with Gasteiger partial charge in [0.05, 0.1) is 6.54 Å². The summed E-state index contributed by atoms with van der Waals surface area (Å²) in [5.74, 6) is 1.39. The van der Waals surface area contributed by atoms with Crippen LogP contribution >= 0.6 is 0 Å². The number of aryl methyl sites for hydroxylation is 1. The van der Waals surface area contributed by atoms with E-state index in [1.807, 2.05) is 55.5 Å². The minimum atomic E-state index is -0.523. The lowest BCUT2D eigenvalue weighted by atomic mass is 10.1. The molecule has 0 saturated carbocycles. The van der Waals surface area contributed by atoms with Crippen molar-refractivity contribution in [1.29, 1.82) is 0 Å². The Bertz CT molecular complexity index is 905. The number of nitrogens with one attached hydrogen (secondary N) is 1. The average Bonchev–Trinajstić information content (AvgIpc) is 2.75. The van der Waals surface area contributed by atoms with Crippen LogP contribution in [0.2, 0.25) is 0 Å². The van der Waals surface area contributed by atoms with E-state index < -0.39 is 6.10 Å². The second-order valence-corrected chi connectivity index (χ2v) is 6.66. The van der Waals surface area contributed by atoms with Crippen LogP contribution in [0.15, 0.2) is 66.7 Å². The second-order valence-electron chi connectivity index (χ2n) is 6.66. The Morgan fingerprint density at radius 1 is 0.929 bits per heavy atom. The summed E-state index contributed by atoms with van der Waals surface area (Å²) in [4.78, 5) is 12.4. The zero-order valence-corrected chi connectivity index (χ0v) is 16.5. The van der Waals surface area contributed by atoms with Crippen molar-refractivity contribution in [3.63, 3.8) is 0 Å². The van der Waals surface area contributed by atoms with E-state index in [4.69, 9.17) is 9.47 Å². The third kappa shape index (κ3) is 5.26. The van der Waals surface area contributed by atoms with Crippen LogP contribution in [0.3, 0.4) is 0 Å². The van der Waals surface area contributed by atoms with Crippen molar-refractivity contribution in [3.8, 4) is 11.5 Å². The summed E-state index contributed by atoms with van der Waals surface area (Å²) < 4.78 is 11.6. The molecule has 4 heteroatoms. The van der Waals surface area contributed by atoms with E-state index >= 15 is 0 Å². The first-order valence-electron chi connectivity index (χ1n) is 9.84. The summed E-state index contributed by atoms with van der Waals surface area (Å²) in [7, 11) is 0. The molecule has 0 heterocycles. The molecule has 0 spiro atoms. The van der Waals surface area contributed by atoms with Crippen molar-refractivity contribution < 1.29 is 14.3 Å². The van der Waals surface area contributed by atoms with Gasteiger partial charge in [0.2, 0.25) is 0 Å². The van der Waals surface area contributed by atoms with Crippen LogP contribution in [0.1, 0.15) is 25.8 Å². The fourth-order valence-electron chi connectivity index (χ4n) is 3.01. The molecule has 3 rings (SSSR count). The molecule has 3 aromatic carbocycles. The van der Waals surface area contributed by atoms with Gasteiger partial charge in [0.1, 0.15) is 18.1 Å². The maximum Gasteiger partial charge on any atom is 0.261 e. The Morgan fingerprint density at radius 3 is 2.36 bits per heavy atom. The molecule has 146 valence electrons. The molecule has 0 fully saturated rings. The van der Waals surface area contributed by atoms with Crippen LogP contribution in [0, 0.1) is 0 Å². The van der Waals surface area contributed by atoms with Gasteiger partial charge in [-0.3, -0.25) is 4.79 Å². The van der Waals surface area contributed by atoms with Crippen molar-refractivity contribution in [2.45, 2.75) is 32.8 Å². The zero-order chi connectivity index (χ0) is 19.8. The molecule has 0 unspecified atom stereocenters. The van der Waals surface area contributed by atoms with Crippen LogP contribution in [0.25, 0.3) is 10.8 Å². The number of carbonyl (C=O) groups excluding carboxylic acids is 1. The molecule has 1 atom stereocenters. The van der Waals surface area contributed by atoms with E-state index in [1.165, 1.54) is 5.56 Å². The molecular formula is C24H27NO3. The molecule has 28 heavy (non-hydrogen) atoms. The van der Waals surface area contributed by atoms with Gasteiger partial charge in [0.25, 0.3) is 5.91 Å². The van der Waals surface area contributed by atoms with Gasteiger partial charge in [-0.2, -0.15) is 0 Å². The van der Waals surface area contributed by atoms with Gasteiger partial charge in [0.15, 0.2) is 6.10 Å². The lowest BCUT2D eigenvalue weighted by Crippen LogP contribution is -2.39. The third-order valence-corrected chi connectivity index (χ3v) is 4.66. The largest absolute Gasteiger partial charge is 0.492 e. The zero-order valence-electron chi connectivity index (χ0n) is 16.5. The second kappa shape index (κ2) is 9.79. The predicted octanol–water partition coefficient (Wildman–Crippen LogP) is 4.75. The molecule has 0 saturated heterocycles. The summed E-state index contributed by atoms with van der Waals surface area (Å²) in [6, 6.07) is 22.0. The van der Waals surface area contributed by atoms with Gasteiger partial charge in [-0.25, -0.2) is 0 Å². The molecule has 0 radical (unpaired) electrons. The minimum Gasteiger partial charge on any atom is -0.492 e. The van der Waals surface area contributed by atoms with Crippen molar-refractivity contribution in [3.05, 3.63) is 72.3 Å². The molecule has 0 bridgehead atoms. The summed E-state index contributed by atoms with van der Waals surface area (Å²) >= 11 is 0. The first-order chi connectivity index (χ1) is 13.7. The minimum absolute atomic E-state index is 0.124. The molecule has 1 N–H and O–H groups in total. The molecule has 0 aliphatic heterocycles. The van der Waals surface area contributed by atoms with Crippen molar-refractivity contribution in [2.75, 3.05) is 13.2 Å². The van der Waals surface area contributed by atoms with Gasteiger partial charge in [-0.1, -0.05) is 56.3 Å². The number of ether oxygens (including phenoxy) is 2. The van der Waals surface area contributed by atoms with Crippen molar-refractivity contribution in [1.82, 2.24) is 5.32 Å². The Kier molecular flexibility index (Phi) is 6.90. The van der Waals surface area contributed by atoms with E-state index in [-0.39, 0.29) is 5.91 Å². The summed E-state index contributed by atoms with van der Waals surface area (Å²) in [5.41, 5.74) is 1.28. The lowest BCUT2D eigenvalue weighted by molar-refractivity contribution is -0.128. The molecule has 4 nitrogen and oxygen atoms in total. The smallest absolute Gasteiger partial charge is 0.261 e. The van der Waals surface area contributed by atoms with Gasteiger partial charge < -0.3 is 14.8 Å². The highest BCUT2D eigenvalue weighted by Crippen LogP contribution is 2.22. The van der Waals surface area contributed by atoms with Gasteiger partial charge in [-0.05, 0) is 53.4 Å². The fraction of sp³-hybridized carbons (Fsp3) is 0.292. The molecule has 0 aromatic heterocycles. The Labute approximate surface area is 166 Å². The van der Waals surface area contributed by atoms with Crippen LogP contribution < -0.4 is 14.8 Å². The van der Waals surface area contributed by atoms with Crippen LogP contribution in [-0.2, 0) is 11.2 Å². The highest BCUT2D eigenvalue weighted by Gasteiger charge is 2.18. The quantitative estimate of drug-likeness (QED) is 0.547. The molecular weight excluding hydrogens is 350 g/mol. The predicted molar refractivity (Wildman–Crippen MR) is 113 cm³/mol. The number of amides is 1. The van der Waals surface area contributed by atoms with Crippen molar-refractivity contribution in [2.24, 2.45) is 0 Å². The first-order valence-corrected chi connectivity index (χ1v) is 9.84. The molecule has 1 amide bonds. The molecule has 0 aliphatic rings. The first kappa shape index (κ1) is 19.7. The van der Waals surface area contributed by atoms with Crippen LogP contribution in [-0.4, -0.2) is 25.2 Å². The lowest BCUT2D eigenvalue weighted by Gasteiger charge is -2.18. The third-order valence-electron chi connectivity index (χ3n) is 4.66. The van der Waals surface area contributed by atoms with E-state index in [9.17, 15) is 4.79 Å². The SMILES string of the molecule is CCc1ccc(OCCNC(=O)[C@@H](CC)Oc2ccc3ccccc3c2)cc1. The van der Waals surface area contributed by atoms with E-state index in [0.29, 0.717) is 25.3 Å². The standard InChI is InChI=1S/C24H27NO3/c1-3-18-9-12-21(13-10-18)27-16-15-25-24(26)23(4-2)28-22-14-11-19-7-5-6-8-20(19)17-22/h5-14,17,23H,3-4,15-16H2,1-2H3,(H,25,26)/t23-/m1/s1. The summed E-state index contributed by atoms with van der Waals surface area (Å²) in [6.07, 6.45) is 1.08. The maximum atomic E-state index is 12.4. The Morgan fingerprint density at radius 2 is 1.64 bits per heavy atom.